The molecule has 1 atom stereocenters. The first-order chi connectivity index (χ1) is 9.41. The predicted molar refractivity (Wildman–Crippen MR) is 60.1 cm³/mol. The summed E-state index contributed by atoms with van der Waals surface area (Å²) in [4.78, 5) is 10.7. The minimum absolute atomic E-state index is 0.171. The summed E-state index contributed by atoms with van der Waals surface area (Å²) in [6.07, 6.45) is -0.302. The van der Waals surface area contributed by atoms with E-state index in [1.807, 2.05) is 0 Å². The minimum Gasteiger partial charge on any atom is -0.481 e. The van der Waals surface area contributed by atoms with Crippen LogP contribution in [0, 0.1) is 17.5 Å². The molecular formula is C11H9F3N4O2. The molecule has 1 aromatic heterocycles. The minimum atomic E-state index is -1.64. The first-order valence-corrected chi connectivity index (χ1v) is 5.55. The molecule has 0 aliphatic carbocycles. The predicted octanol–water partition coefficient (Wildman–Crippen LogP) is 1.79. The van der Waals surface area contributed by atoms with Gasteiger partial charge in [0.05, 0.1) is 18.0 Å². The summed E-state index contributed by atoms with van der Waals surface area (Å²) in [5.41, 5.74) is -0.342. The largest absolute Gasteiger partial charge is 0.481 e. The van der Waals surface area contributed by atoms with E-state index in [4.69, 9.17) is 5.11 Å². The third kappa shape index (κ3) is 2.46. The normalized spacial score (nSPS) is 12.4. The van der Waals surface area contributed by atoms with E-state index in [0.717, 1.165) is 16.8 Å². The molecule has 2 aromatic rings. The lowest BCUT2D eigenvalue weighted by Crippen LogP contribution is -2.14. The summed E-state index contributed by atoms with van der Waals surface area (Å²) in [5.74, 6) is -5.66. The Hall–Kier alpha value is -2.45. The number of aliphatic carboxylic acids is 1. The van der Waals surface area contributed by atoms with Gasteiger partial charge in [-0.1, -0.05) is 0 Å². The fraction of sp³-hybridized carbons (Fsp3) is 0.273. The number of nitrogens with zero attached hydrogens (tertiary/aromatic N) is 4. The topological polar surface area (TPSA) is 80.9 Å². The van der Waals surface area contributed by atoms with Gasteiger partial charge >= 0.3 is 5.97 Å². The number of rotatable bonds is 4. The van der Waals surface area contributed by atoms with Gasteiger partial charge in [-0.3, -0.25) is 4.79 Å². The van der Waals surface area contributed by atoms with Crippen molar-refractivity contribution >= 4 is 5.97 Å². The number of hydrogen-bond acceptors (Lipinski definition) is 4. The average Bonchev–Trinajstić information content (AvgIpc) is 2.84. The molecule has 6 nitrogen and oxygen atoms in total. The van der Waals surface area contributed by atoms with Gasteiger partial charge in [0.25, 0.3) is 0 Å². The van der Waals surface area contributed by atoms with Crippen molar-refractivity contribution in [1.82, 2.24) is 20.2 Å². The molecule has 2 rings (SSSR count). The Labute approximate surface area is 110 Å². The number of carbonyl (C=O) groups is 1. The molecule has 1 N–H and O–H groups in total. The third-order valence-corrected chi connectivity index (χ3v) is 2.66. The summed E-state index contributed by atoms with van der Waals surface area (Å²) in [7, 11) is 0. The Bertz CT molecular complexity index is 659. The van der Waals surface area contributed by atoms with Crippen LogP contribution in [0.15, 0.2) is 12.1 Å². The van der Waals surface area contributed by atoms with Crippen molar-refractivity contribution in [1.29, 1.82) is 0 Å². The molecule has 0 amide bonds. The summed E-state index contributed by atoms with van der Waals surface area (Å²) in [6.45, 7) is 1.51. The number of halogens is 3. The van der Waals surface area contributed by atoms with E-state index in [2.05, 4.69) is 15.5 Å². The van der Waals surface area contributed by atoms with E-state index in [0.29, 0.717) is 0 Å². The van der Waals surface area contributed by atoms with Gasteiger partial charge in [0.15, 0.2) is 23.3 Å². The van der Waals surface area contributed by atoms with E-state index in [1.165, 1.54) is 6.92 Å². The van der Waals surface area contributed by atoms with Gasteiger partial charge in [-0.05, 0) is 29.5 Å². The van der Waals surface area contributed by atoms with Crippen LogP contribution in [0.5, 0.6) is 0 Å². The fourth-order valence-electron chi connectivity index (χ4n) is 1.71. The van der Waals surface area contributed by atoms with Crippen molar-refractivity contribution in [2.24, 2.45) is 0 Å². The van der Waals surface area contributed by atoms with Gasteiger partial charge in [-0.2, -0.15) is 0 Å². The number of hydrogen-bond donors (Lipinski definition) is 1. The first kappa shape index (κ1) is 14.0. The zero-order chi connectivity index (χ0) is 14.9. The lowest BCUT2D eigenvalue weighted by Gasteiger charge is -2.11. The van der Waals surface area contributed by atoms with Gasteiger partial charge in [0.1, 0.15) is 0 Å². The highest BCUT2D eigenvalue weighted by molar-refractivity contribution is 5.67. The Morgan fingerprint density at radius 3 is 2.70 bits per heavy atom. The fourth-order valence-corrected chi connectivity index (χ4v) is 1.71. The van der Waals surface area contributed by atoms with Crippen LogP contribution in [0.4, 0.5) is 13.2 Å². The highest BCUT2D eigenvalue weighted by Gasteiger charge is 2.22. The van der Waals surface area contributed by atoms with Crippen LogP contribution in [-0.4, -0.2) is 31.3 Å². The number of carboxylic acid groups (broad SMARTS) is 1. The maximum atomic E-state index is 13.7. The van der Waals surface area contributed by atoms with Crippen molar-refractivity contribution in [3.8, 4) is 11.4 Å². The molecule has 1 aromatic carbocycles. The molecular weight excluding hydrogens is 277 g/mol. The molecule has 0 aliphatic heterocycles. The molecule has 0 fully saturated rings. The smallest absolute Gasteiger partial charge is 0.305 e. The Kier molecular flexibility index (Phi) is 3.68. The highest BCUT2D eigenvalue weighted by atomic mass is 19.2. The van der Waals surface area contributed by atoms with Gasteiger partial charge in [0, 0.05) is 0 Å². The summed E-state index contributed by atoms with van der Waals surface area (Å²) < 4.78 is 40.8. The van der Waals surface area contributed by atoms with Crippen LogP contribution < -0.4 is 0 Å². The Morgan fingerprint density at radius 1 is 1.35 bits per heavy atom. The van der Waals surface area contributed by atoms with Crippen LogP contribution in [0.3, 0.4) is 0 Å². The number of aromatic nitrogens is 4. The highest BCUT2D eigenvalue weighted by Crippen LogP contribution is 2.26. The van der Waals surface area contributed by atoms with Crippen molar-refractivity contribution < 1.29 is 23.1 Å². The van der Waals surface area contributed by atoms with Gasteiger partial charge in [0.2, 0.25) is 0 Å². The van der Waals surface area contributed by atoms with Gasteiger partial charge in [-0.25, -0.2) is 17.9 Å². The van der Waals surface area contributed by atoms with Crippen LogP contribution in [0.1, 0.15) is 19.4 Å². The van der Waals surface area contributed by atoms with Crippen LogP contribution >= 0.6 is 0 Å². The van der Waals surface area contributed by atoms with Crippen LogP contribution in [-0.2, 0) is 4.79 Å². The van der Waals surface area contributed by atoms with E-state index in [9.17, 15) is 18.0 Å². The molecule has 0 aliphatic rings. The average molecular weight is 286 g/mol. The lowest BCUT2D eigenvalue weighted by atomic mass is 10.1. The second-order valence-corrected chi connectivity index (χ2v) is 4.12. The number of tetrazole rings is 1. The van der Waals surface area contributed by atoms with E-state index in [1.54, 1.807) is 0 Å². The molecule has 1 unspecified atom stereocenters. The van der Waals surface area contributed by atoms with E-state index >= 15 is 0 Å². The van der Waals surface area contributed by atoms with E-state index in [-0.39, 0.29) is 17.8 Å². The molecule has 0 bridgehead atoms. The third-order valence-electron chi connectivity index (χ3n) is 2.66. The molecule has 0 saturated heterocycles. The lowest BCUT2D eigenvalue weighted by molar-refractivity contribution is -0.137. The molecule has 1 heterocycles. The van der Waals surface area contributed by atoms with Crippen molar-refractivity contribution in [3.05, 3.63) is 29.6 Å². The maximum Gasteiger partial charge on any atom is 0.305 e. The standard InChI is InChI=1S/C11H9F3N4O2/c1-5(4-8(19)20)18-11(15-16-17-18)6-2-3-7(12)10(14)9(6)13/h2-3,5H,4H2,1H3,(H,19,20). The monoisotopic (exact) mass is 286 g/mol. The van der Waals surface area contributed by atoms with Crippen molar-refractivity contribution in [2.45, 2.75) is 19.4 Å². The maximum absolute atomic E-state index is 13.7. The van der Waals surface area contributed by atoms with Crippen LogP contribution in [0.25, 0.3) is 11.4 Å². The van der Waals surface area contributed by atoms with Gasteiger partial charge < -0.3 is 5.11 Å². The van der Waals surface area contributed by atoms with Crippen LogP contribution in [0.2, 0.25) is 0 Å². The quantitative estimate of drug-likeness (QED) is 0.867. The second-order valence-electron chi connectivity index (χ2n) is 4.12. The zero-order valence-corrected chi connectivity index (χ0v) is 10.2. The SMILES string of the molecule is CC(CC(=O)O)n1nnnc1-c1ccc(F)c(F)c1F. The molecule has 0 saturated carbocycles. The molecule has 20 heavy (non-hydrogen) atoms. The number of benzene rings is 1. The van der Waals surface area contributed by atoms with Gasteiger partial charge in [-0.15, -0.1) is 5.10 Å². The summed E-state index contributed by atoms with van der Waals surface area (Å²) in [5, 5.41) is 19.1. The van der Waals surface area contributed by atoms with Crippen molar-refractivity contribution in [2.75, 3.05) is 0 Å². The summed E-state index contributed by atoms with van der Waals surface area (Å²) >= 11 is 0. The first-order valence-electron chi connectivity index (χ1n) is 5.55. The Balaban J connectivity index is 2.47. The number of carboxylic acids is 1. The molecule has 9 heteroatoms. The van der Waals surface area contributed by atoms with E-state index < -0.39 is 29.5 Å². The summed E-state index contributed by atoms with van der Waals surface area (Å²) in [6, 6.07) is 1.06. The molecule has 106 valence electrons. The molecule has 0 radical (unpaired) electrons. The Morgan fingerprint density at radius 2 is 2.05 bits per heavy atom. The van der Waals surface area contributed by atoms with Crippen molar-refractivity contribution in [3.63, 3.8) is 0 Å². The zero-order valence-electron chi connectivity index (χ0n) is 10.2. The molecule has 0 spiro atoms. The second kappa shape index (κ2) is 5.27.